The summed E-state index contributed by atoms with van der Waals surface area (Å²) < 4.78 is 25.8. The number of anilines is 1. The fourth-order valence-corrected chi connectivity index (χ4v) is 4.52. The number of carbonyl (C=O) groups excluding carboxylic acids is 1. The highest BCUT2D eigenvalue weighted by molar-refractivity contribution is 7.92. The monoisotopic (exact) mass is 438 g/mol. The fourth-order valence-electron chi connectivity index (χ4n) is 3.67. The first-order chi connectivity index (χ1) is 14.6. The second-order valence-corrected chi connectivity index (χ2v) is 10.2. The van der Waals surface area contributed by atoms with Crippen molar-refractivity contribution in [2.75, 3.05) is 23.7 Å². The number of amides is 1. The lowest BCUT2D eigenvalue weighted by Gasteiger charge is -2.23. The SMILES string of the molecule is Cc1ccc(N(CC(=O)NCC(C)Cc2cccc3ccccc23)S(C)(=O)=O)cc1C. The number of nitrogens with one attached hydrogen (secondary N) is 1. The van der Waals surface area contributed by atoms with Gasteiger partial charge in [0, 0.05) is 6.54 Å². The van der Waals surface area contributed by atoms with Gasteiger partial charge >= 0.3 is 0 Å². The lowest BCUT2D eigenvalue weighted by molar-refractivity contribution is -0.119. The van der Waals surface area contributed by atoms with Crippen LogP contribution >= 0.6 is 0 Å². The van der Waals surface area contributed by atoms with Crippen molar-refractivity contribution in [1.29, 1.82) is 0 Å². The van der Waals surface area contributed by atoms with E-state index in [-0.39, 0.29) is 18.4 Å². The van der Waals surface area contributed by atoms with Crippen LogP contribution in [0, 0.1) is 19.8 Å². The topological polar surface area (TPSA) is 66.5 Å². The number of nitrogens with zero attached hydrogens (tertiary/aromatic N) is 1. The molecule has 0 aromatic heterocycles. The van der Waals surface area contributed by atoms with Crippen LogP contribution in [0.25, 0.3) is 10.8 Å². The molecule has 0 saturated carbocycles. The zero-order valence-electron chi connectivity index (χ0n) is 18.6. The predicted octanol–water partition coefficient (Wildman–Crippen LogP) is 4.22. The molecule has 0 bridgehead atoms. The number of hydrogen-bond acceptors (Lipinski definition) is 3. The standard InChI is InChI=1S/C25H30N2O3S/c1-18(14-22-10-7-9-21-8-5-6-11-24(21)22)16-26-25(28)17-27(31(4,29)30)23-13-12-19(2)20(3)15-23/h5-13,15,18H,14,16-17H2,1-4H3,(H,26,28). The second kappa shape index (κ2) is 9.52. The number of hydrogen-bond donors (Lipinski definition) is 1. The van der Waals surface area contributed by atoms with E-state index in [1.54, 1.807) is 12.1 Å². The molecular weight excluding hydrogens is 408 g/mol. The van der Waals surface area contributed by atoms with Crippen LogP contribution < -0.4 is 9.62 Å². The van der Waals surface area contributed by atoms with Gasteiger partial charge in [-0.05, 0) is 65.8 Å². The van der Waals surface area contributed by atoms with Crippen LogP contribution in [0.4, 0.5) is 5.69 Å². The van der Waals surface area contributed by atoms with E-state index in [1.165, 1.54) is 16.3 Å². The van der Waals surface area contributed by atoms with Crippen molar-refractivity contribution in [2.45, 2.75) is 27.2 Å². The van der Waals surface area contributed by atoms with E-state index in [4.69, 9.17) is 0 Å². The lowest BCUT2D eigenvalue weighted by Crippen LogP contribution is -2.41. The van der Waals surface area contributed by atoms with Gasteiger partial charge in [-0.15, -0.1) is 0 Å². The van der Waals surface area contributed by atoms with Crippen molar-refractivity contribution in [3.05, 3.63) is 77.4 Å². The molecule has 31 heavy (non-hydrogen) atoms. The van der Waals surface area contributed by atoms with E-state index >= 15 is 0 Å². The number of rotatable bonds is 8. The van der Waals surface area contributed by atoms with Crippen molar-refractivity contribution >= 4 is 32.4 Å². The highest BCUT2D eigenvalue weighted by Crippen LogP contribution is 2.22. The summed E-state index contributed by atoms with van der Waals surface area (Å²) in [5.74, 6) is -0.100. The molecule has 0 radical (unpaired) electrons. The van der Waals surface area contributed by atoms with Gasteiger partial charge in [0.2, 0.25) is 15.9 Å². The smallest absolute Gasteiger partial charge is 0.240 e. The molecule has 1 unspecified atom stereocenters. The van der Waals surface area contributed by atoms with E-state index in [1.807, 2.05) is 32.0 Å². The zero-order valence-corrected chi connectivity index (χ0v) is 19.4. The Kier molecular flexibility index (Phi) is 7.01. The Bertz CT molecular complexity index is 1180. The summed E-state index contributed by atoms with van der Waals surface area (Å²) in [5, 5.41) is 5.33. The van der Waals surface area contributed by atoms with E-state index < -0.39 is 10.0 Å². The molecule has 1 N–H and O–H groups in total. The van der Waals surface area contributed by atoms with Gasteiger partial charge in [-0.2, -0.15) is 0 Å². The summed E-state index contributed by atoms with van der Waals surface area (Å²) in [7, 11) is -3.58. The van der Waals surface area contributed by atoms with Gasteiger partial charge in [0.1, 0.15) is 6.54 Å². The van der Waals surface area contributed by atoms with E-state index in [0.29, 0.717) is 12.2 Å². The van der Waals surface area contributed by atoms with Crippen molar-refractivity contribution in [3.63, 3.8) is 0 Å². The summed E-state index contributed by atoms with van der Waals surface area (Å²) >= 11 is 0. The molecule has 3 aromatic rings. The summed E-state index contributed by atoms with van der Waals surface area (Å²) in [6, 6.07) is 19.9. The van der Waals surface area contributed by atoms with Crippen LogP contribution in [0.3, 0.4) is 0 Å². The Hall–Kier alpha value is -2.86. The average Bonchev–Trinajstić information content (AvgIpc) is 2.72. The third-order valence-corrected chi connectivity index (χ3v) is 6.70. The molecule has 3 rings (SSSR count). The van der Waals surface area contributed by atoms with Gasteiger partial charge in [0.15, 0.2) is 0 Å². The molecule has 1 amide bonds. The highest BCUT2D eigenvalue weighted by Gasteiger charge is 2.21. The van der Waals surface area contributed by atoms with Gasteiger partial charge < -0.3 is 5.32 Å². The van der Waals surface area contributed by atoms with Crippen LogP contribution in [0.5, 0.6) is 0 Å². The Morgan fingerprint density at radius 2 is 1.71 bits per heavy atom. The van der Waals surface area contributed by atoms with Gasteiger partial charge in [0.05, 0.1) is 11.9 Å². The summed E-state index contributed by atoms with van der Waals surface area (Å²) in [4.78, 5) is 12.6. The molecule has 0 saturated heterocycles. The van der Waals surface area contributed by atoms with Crippen LogP contribution in [0.15, 0.2) is 60.7 Å². The lowest BCUT2D eigenvalue weighted by atomic mass is 9.96. The highest BCUT2D eigenvalue weighted by atomic mass is 32.2. The summed E-state index contributed by atoms with van der Waals surface area (Å²) in [6.07, 6.45) is 1.95. The van der Waals surface area contributed by atoms with Crippen molar-refractivity contribution in [2.24, 2.45) is 5.92 Å². The Balaban J connectivity index is 1.64. The number of sulfonamides is 1. The van der Waals surface area contributed by atoms with Crippen LogP contribution in [-0.4, -0.2) is 33.7 Å². The number of benzene rings is 3. The molecule has 0 heterocycles. The van der Waals surface area contributed by atoms with Gasteiger partial charge in [-0.1, -0.05) is 55.5 Å². The summed E-state index contributed by atoms with van der Waals surface area (Å²) in [5.41, 5.74) is 3.80. The molecule has 0 fully saturated rings. The normalized spacial score (nSPS) is 12.5. The molecule has 0 aliphatic rings. The fraction of sp³-hybridized carbons (Fsp3) is 0.320. The molecule has 164 valence electrons. The maximum Gasteiger partial charge on any atom is 0.240 e. The van der Waals surface area contributed by atoms with E-state index in [2.05, 4.69) is 42.6 Å². The molecule has 0 aliphatic heterocycles. The Morgan fingerprint density at radius 3 is 2.42 bits per heavy atom. The average molecular weight is 439 g/mol. The van der Waals surface area contributed by atoms with Crippen LogP contribution in [0.1, 0.15) is 23.6 Å². The predicted molar refractivity (Wildman–Crippen MR) is 128 cm³/mol. The van der Waals surface area contributed by atoms with E-state index in [9.17, 15) is 13.2 Å². The van der Waals surface area contributed by atoms with E-state index in [0.717, 1.165) is 28.1 Å². The molecule has 1 atom stereocenters. The second-order valence-electron chi connectivity index (χ2n) is 8.29. The largest absolute Gasteiger partial charge is 0.354 e. The third kappa shape index (κ3) is 5.85. The molecule has 0 aliphatic carbocycles. The van der Waals surface area contributed by atoms with Crippen molar-refractivity contribution in [3.8, 4) is 0 Å². The number of fused-ring (bicyclic) bond motifs is 1. The number of carbonyl (C=O) groups is 1. The number of aryl methyl sites for hydroxylation is 2. The molecule has 6 heteroatoms. The van der Waals surface area contributed by atoms with Crippen LogP contribution in [0.2, 0.25) is 0 Å². The Morgan fingerprint density at radius 1 is 1.00 bits per heavy atom. The quantitative estimate of drug-likeness (QED) is 0.573. The molecule has 3 aromatic carbocycles. The molecular formula is C25H30N2O3S. The molecule has 5 nitrogen and oxygen atoms in total. The van der Waals surface area contributed by atoms with Gasteiger partial charge in [-0.25, -0.2) is 8.42 Å². The first-order valence-electron chi connectivity index (χ1n) is 10.4. The third-order valence-electron chi connectivity index (χ3n) is 5.56. The molecule has 0 spiro atoms. The Labute approximate surface area is 185 Å². The first-order valence-corrected chi connectivity index (χ1v) is 12.3. The van der Waals surface area contributed by atoms with Crippen LogP contribution in [-0.2, 0) is 21.2 Å². The minimum Gasteiger partial charge on any atom is -0.354 e. The maximum absolute atomic E-state index is 12.6. The van der Waals surface area contributed by atoms with Crippen molar-refractivity contribution < 1.29 is 13.2 Å². The minimum atomic E-state index is -3.58. The first kappa shape index (κ1) is 22.8. The summed E-state index contributed by atoms with van der Waals surface area (Å²) in [6.45, 7) is 6.22. The van der Waals surface area contributed by atoms with Gasteiger partial charge in [0.25, 0.3) is 0 Å². The van der Waals surface area contributed by atoms with Gasteiger partial charge in [-0.3, -0.25) is 9.10 Å². The van der Waals surface area contributed by atoms with Crippen molar-refractivity contribution in [1.82, 2.24) is 5.32 Å². The maximum atomic E-state index is 12.6. The minimum absolute atomic E-state index is 0.211. The zero-order chi connectivity index (χ0) is 22.6.